The van der Waals surface area contributed by atoms with Gasteiger partial charge in [0, 0.05) is 11.0 Å². The van der Waals surface area contributed by atoms with Crippen molar-refractivity contribution in [3.05, 3.63) is 34.3 Å². The van der Waals surface area contributed by atoms with Crippen molar-refractivity contribution in [2.45, 2.75) is 19.4 Å². The van der Waals surface area contributed by atoms with Crippen LogP contribution in [0.15, 0.2) is 28.7 Å². The summed E-state index contributed by atoms with van der Waals surface area (Å²) in [6.45, 7) is 3.31. The van der Waals surface area contributed by atoms with Crippen LogP contribution in [0.3, 0.4) is 0 Å². The standard InChI is InChI=1S/C15H19BrN2O3/c1-10(11-2-4-13(16)5-3-11)17-14(19)9-18-7-6-12(8-18)15(20)21/h2-5,10,12H,6-9H2,1H3,(H,17,19)(H,20,21)/t10-,12-/m1/s1. The number of carbonyl (C=O) groups excluding carboxylic acids is 1. The lowest BCUT2D eigenvalue weighted by atomic mass is 10.1. The van der Waals surface area contributed by atoms with Gasteiger partial charge in [-0.2, -0.15) is 0 Å². The number of nitrogens with one attached hydrogen (secondary N) is 1. The van der Waals surface area contributed by atoms with Crippen molar-refractivity contribution in [1.29, 1.82) is 0 Å². The van der Waals surface area contributed by atoms with Gasteiger partial charge in [0.1, 0.15) is 0 Å². The van der Waals surface area contributed by atoms with Gasteiger partial charge in [-0.25, -0.2) is 0 Å². The van der Waals surface area contributed by atoms with E-state index in [4.69, 9.17) is 5.11 Å². The Hall–Kier alpha value is -1.40. The van der Waals surface area contributed by atoms with Crippen LogP contribution in [-0.2, 0) is 9.59 Å². The number of hydrogen-bond acceptors (Lipinski definition) is 3. The van der Waals surface area contributed by atoms with Crippen molar-refractivity contribution >= 4 is 27.8 Å². The van der Waals surface area contributed by atoms with Gasteiger partial charge in [0.2, 0.25) is 5.91 Å². The Bertz CT molecular complexity index is 518. The molecule has 5 nitrogen and oxygen atoms in total. The minimum absolute atomic E-state index is 0.0662. The lowest BCUT2D eigenvalue weighted by molar-refractivity contribution is -0.141. The van der Waals surface area contributed by atoms with E-state index in [0.717, 1.165) is 10.0 Å². The van der Waals surface area contributed by atoms with E-state index in [-0.39, 0.29) is 24.4 Å². The van der Waals surface area contributed by atoms with Gasteiger partial charge >= 0.3 is 5.97 Å². The van der Waals surface area contributed by atoms with E-state index in [1.807, 2.05) is 36.1 Å². The second-order valence-electron chi connectivity index (χ2n) is 5.40. The number of carbonyl (C=O) groups is 2. The van der Waals surface area contributed by atoms with Crippen LogP contribution in [0.2, 0.25) is 0 Å². The third-order valence-electron chi connectivity index (χ3n) is 3.74. The lowest BCUT2D eigenvalue weighted by Crippen LogP contribution is -2.37. The van der Waals surface area contributed by atoms with E-state index in [1.165, 1.54) is 0 Å². The highest BCUT2D eigenvalue weighted by atomic mass is 79.9. The zero-order valence-electron chi connectivity index (χ0n) is 11.9. The quantitative estimate of drug-likeness (QED) is 0.848. The fourth-order valence-corrected chi connectivity index (χ4v) is 2.77. The average Bonchev–Trinajstić information content (AvgIpc) is 2.87. The number of amides is 1. The van der Waals surface area contributed by atoms with Crippen LogP contribution >= 0.6 is 15.9 Å². The highest BCUT2D eigenvalue weighted by Gasteiger charge is 2.29. The van der Waals surface area contributed by atoms with E-state index < -0.39 is 5.97 Å². The van der Waals surface area contributed by atoms with Crippen molar-refractivity contribution in [2.24, 2.45) is 5.92 Å². The molecule has 2 rings (SSSR count). The molecule has 21 heavy (non-hydrogen) atoms. The van der Waals surface area contributed by atoms with Crippen LogP contribution in [0, 0.1) is 5.92 Å². The third-order valence-corrected chi connectivity index (χ3v) is 4.26. The summed E-state index contributed by atoms with van der Waals surface area (Å²) in [4.78, 5) is 24.8. The largest absolute Gasteiger partial charge is 0.481 e. The zero-order valence-corrected chi connectivity index (χ0v) is 13.5. The van der Waals surface area contributed by atoms with E-state index in [1.54, 1.807) is 0 Å². The highest BCUT2D eigenvalue weighted by molar-refractivity contribution is 9.10. The normalized spacial score (nSPS) is 20.2. The molecular weight excluding hydrogens is 336 g/mol. The molecule has 0 unspecified atom stereocenters. The van der Waals surface area contributed by atoms with E-state index in [0.29, 0.717) is 19.5 Å². The molecule has 1 saturated heterocycles. The summed E-state index contributed by atoms with van der Waals surface area (Å²) in [7, 11) is 0. The number of carboxylic acids is 1. The van der Waals surface area contributed by atoms with Crippen LogP contribution in [-0.4, -0.2) is 41.5 Å². The van der Waals surface area contributed by atoms with Gasteiger partial charge in [-0.15, -0.1) is 0 Å². The molecule has 1 aliphatic rings. The number of carboxylic acid groups (broad SMARTS) is 1. The molecule has 1 aromatic carbocycles. The summed E-state index contributed by atoms with van der Waals surface area (Å²) in [5.41, 5.74) is 1.04. The van der Waals surface area contributed by atoms with Gasteiger partial charge in [0.05, 0.1) is 18.5 Å². The Morgan fingerprint density at radius 2 is 2.10 bits per heavy atom. The van der Waals surface area contributed by atoms with Crippen LogP contribution < -0.4 is 5.32 Å². The van der Waals surface area contributed by atoms with E-state index in [2.05, 4.69) is 21.2 Å². The summed E-state index contributed by atoms with van der Waals surface area (Å²) in [6.07, 6.45) is 0.616. The third kappa shape index (κ3) is 4.54. The molecule has 114 valence electrons. The Morgan fingerprint density at radius 1 is 1.43 bits per heavy atom. The van der Waals surface area contributed by atoms with Crippen molar-refractivity contribution in [1.82, 2.24) is 10.2 Å². The molecule has 0 aromatic heterocycles. The molecule has 0 spiro atoms. The smallest absolute Gasteiger partial charge is 0.307 e. The van der Waals surface area contributed by atoms with Crippen molar-refractivity contribution in [2.75, 3.05) is 19.6 Å². The first-order valence-electron chi connectivity index (χ1n) is 6.95. The molecule has 0 aliphatic carbocycles. The first kappa shape index (κ1) is 16.0. The minimum Gasteiger partial charge on any atom is -0.481 e. The molecular formula is C15H19BrN2O3. The molecule has 1 fully saturated rings. The fraction of sp³-hybridized carbons (Fsp3) is 0.467. The first-order valence-corrected chi connectivity index (χ1v) is 7.75. The van der Waals surface area contributed by atoms with Gasteiger partial charge in [0.15, 0.2) is 0 Å². The van der Waals surface area contributed by atoms with Crippen molar-refractivity contribution in [3.8, 4) is 0 Å². The highest BCUT2D eigenvalue weighted by Crippen LogP contribution is 2.18. The molecule has 0 bridgehead atoms. The number of hydrogen-bond donors (Lipinski definition) is 2. The summed E-state index contributed by atoms with van der Waals surface area (Å²) >= 11 is 3.38. The molecule has 1 heterocycles. The average molecular weight is 355 g/mol. The molecule has 1 aliphatic heterocycles. The molecule has 2 atom stereocenters. The fourth-order valence-electron chi connectivity index (χ4n) is 2.50. The molecule has 2 N–H and O–H groups in total. The van der Waals surface area contributed by atoms with Gasteiger partial charge in [0.25, 0.3) is 0 Å². The second-order valence-corrected chi connectivity index (χ2v) is 6.32. The second kappa shape index (κ2) is 7.04. The molecule has 1 aromatic rings. The van der Waals surface area contributed by atoms with Crippen molar-refractivity contribution < 1.29 is 14.7 Å². The minimum atomic E-state index is -0.777. The Morgan fingerprint density at radius 3 is 2.67 bits per heavy atom. The summed E-state index contributed by atoms with van der Waals surface area (Å²) in [5.74, 6) is -1.20. The lowest BCUT2D eigenvalue weighted by Gasteiger charge is -2.18. The van der Waals surface area contributed by atoms with Crippen LogP contribution in [0.5, 0.6) is 0 Å². The maximum Gasteiger partial charge on any atom is 0.307 e. The van der Waals surface area contributed by atoms with Gasteiger partial charge in [-0.3, -0.25) is 14.5 Å². The van der Waals surface area contributed by atoms with Crippen LogP contribution in [0.25, 0.3) is 0 Å². The topological polar surface area (TPSA) is 69.6 Å². The monoisotopic (exact) mass is 354 g/mol. The predicted molar refractivity (Wildman–Crippen MR) is 82.9 cm³/mol. The number of aliphatic carboxylic acids is 1. The summed E-state index contributed by atoms with van der Waals surface area (Å²) in [5, 5.41) is 11.9. The summed E-state index contributed by atoms with van der Waals surface area (Å²) < 4.78 is 1.00. The van der Waals surface area contributed by atoms with Gasteiger partial charge in [-0.05, 0) is 37.6 Å². The van der Waals surface area contributed by atoms with Crippen LogP contribution in [0.4, 0.5) is 0 Å². The SMILES string of the molecule is C[C@@H](NC(=O)CN1CC[C@@H](C(=O)O)C1)c1ccc(Br)cc1. The zero-order chi connectivity index (χ0) is 15.4. The van der Waals surface area contributed by atoms with Gasteiger partial charge < -0.3 is 10.4 Å². The number of rotatable bonds is 5. The number of halogens is 1. The molecule has 0 saturated carbocycles. The maximum atomic E-state index is 12.0. The Kier molecular flexibility index (Phi) is 5.36. The number of nitrogens with zero attached hydrogens (tertiary/aromatic N) is 1. The van der Waals surface area contributed by atoms with Gasteiger partial charge in [-0.1, -0.05) is 28.1 Å². The summed E-state index contributed by atoms with van der Waals surface area (Å²) in [6, 6.07) is 7.74. The Balaban J connectivity index is 1.82. The molecule has 1 amide bonds. The molecule has 6 heteroatoms. The van der Waals surface area contributed by atoms with E-state index in [9.17, 15) is 9.59 Å². The van der Waals surface area contributed by atoms with Crippen molar-refractivity contribution in [3.63, 3.8) is 0 Å². The predicted octanol–water partition coefficient (Wildman–Crippen LogP) is 2.03. The number of likely N-dealkylation sites (tertiary alicyclic amines) is 1. The number of benzene rings is 1. The first-order chi connectivity index (χ1) is 9.95. The van der Waals surface area contributed by atoms with Crippen LogP contribution in [0.1, 0.15) is 24.9 Å². The Labute approximate surface area is 132 Å². The van der Waals surface area contributed by atoms with E-state index >= 15 is 0 Å². The maximum absolute atomic E-state index is 12.0. The molecule has 0 radical (unpaired) electrons.